The Morgan fingerprint density at radius 1 is 1.86 bits per heavy atom. The first-order valence-corrected chi connectivity index (χ1v) is 5.47. The summed E-state index contributed by atoms with van der Waals surface area (Å²) in [6, 6.07) is 0. The summed E-state index contributed by atoms with van der Waals surface area (Å²) in [5, 5.41) is 4.61. The number of aliphatic imine (C=N–C) groups is 1. The summed E-state index contributed by atoms with van der Waals surface area (Å²) >= 11 is 1.74. The van der Waals surface area contributed by atoms with Gasteiger partial charge in [0.1, 0.15) is 6.61 Å². The van der Waals surface area contributed by atoms with Gasteiger partial charge in [0.05, 0.1) is 13.1 Å². The van der Waals surface area contributed by atoms with E-state index in [9.17, 15) is 4.79 Å². The standard InChI is InChI=1S/C8H15N3O2S/c1-2-6-5-11-8(14-6)10-3-4-13-7(9)12/h6H,2-5H2,1H3,(H2,9,12)(H,10,11). The highest BCUT2D eigenvalue weighted by molar-refractivity contribution is 8.14. The van der Waals surface area contributed by atoms with Crippen molar-refractivity contribution in [3.63, 3.8) is 0 Å². The fraction of sp³-hybridized carbons (Fsp3) is 0.750. The molecule has 1 unspecified atom stereocenters. The number of nitrogens with two attached hydrogens (primary N) is 1. The van der Waals surface area contributed by atoms with E-state index >= 15 is 0 Å². The molecule has 14 heavy (non-hydrogen) atoms. The number of hydrogen-bond acceptors (Lipinski definition) is 5. The molecule has 6 heteroatoms. The van der Waals surface area contributed by atoms with E-state index in [4.69, 9.17) is 5.73 Å². The number of carbonyl (C=O) groups is 1. The maximum absolute atomic E-state index is 10.2. The van der Waals surface area contributed by atoms with E-state index in [1.807, 2.05) is 0 Å². The number of rotatable bonds is 4. The normalized spacial score (nSPS) is 20.4. The lowest BCUT2D eigenvalue weighted by Crippen LogP contribution is -2.26. The van der Waals surface area contributed by atoms with Crippen LogP contribution in [0.2, 0.25) is 0 Å². The van der Waals surface area contributed by atoms with Crippen LogP contribution in [-0.4, -0.2) is 36.2 Å². The summed E-state index contributed by atoms with van der Waals surface area (Å²) in [7, 11) is 0. The third-order valence-electron chi connectivity index (χ3n) is 1.79. The molecule has 1 amide bonds. The molecule has 1 aliphatic heterocycles. The molecule has 3 N–H and O–H groups in total. The minimum atomic E-state index is -0.737. The second kappa shape index (κ2) is 5.74. The number of amidine groups is 1. The zero-order valence-corrected chi connectivity index (χ0v) is 8.97. The molecule has 0 fully saturated rings. The van der Waals surface area contributed by atoms with Crippen molar-refractivity contribution in [1.82, 2.24) is 5.32 Å². The lowest BCUT2D eigenvalue weighted by Gasteiger charge is -2.06. The monoisotopic (exact) mass is 217 g/mol. The van der Waals surface area contributed by atoms with Crippen LogP contribution in [0.3, 0.4) is 0 Å². The van der Waals surface area contributed by atoms with Gasteiger partial charge in [0, 0.05) is 5.25 Å². The summed E-state index contributed by atoms with van der Waals surface area (Å²) in [6.45, 7) is 3.86. The fourth-order valence-corrected chi connectivity index (χ4v) is 2.00. The van der Waals surface area contributed by atoms with Crippen LogP contribution in [-0.2, 0) is 4.74 Å². The van der Waals surface area contributed by atoms with E-state index in [-0.39, 0.29) is 6.61 Å². The van der Waals surface area contributed by atoms with Crippen molar-refractivity contribution in [1.29, 1.82) is 0 Å². The number of carbonyl (C=O) groups excluding carboxylic acids is 1. The average molecular weight is 217 g/mol. The lowest BCUT2D eigenvalue weighted by atomic mass is 10.3. The zero-order valence-electron chi connectivity index (χ0n) is 8.16. The minimum Gasteiger partial charge on any atom is -0.448 e. The Morgan fingerprint density at radius 3 is 3.21 bits per heavy atom. The second-order valence-electron chi connectivity index (χ2n) is 2.89. The van der Waals surface area contributed by atoms with Gasteiger partial charge in [-0.15, -0.1) is 0 Å². The van der Waals surface area contributed by atoms with E-state index in [0.29, 0.717) is 11.8 Å². The summed E-state index contributed by atoms with van der Waals surface area (Å²) in [5.41, 5.74) is 4.81. The van der Waals surface area contributed by atoms with E-state index in [1.165, 1.54) is 0 Å². The van der Waals surface area contributed by atoms with Gasteiger partial charge in [-0.25, -0.2) is 4.79 Å². The average Bonchev–Trinajstić information content (AvgIpc) is 2.60. The first-order chi connectivity index (χ1) is 6.72. The third-order valence-corrected chi connectivity index (χ3v) is 3.11. The summed E-state index contributed by atoms with van der Waals surface area (Å²) in [4.78, 5) is 14.5. The third kappa shape index (κ3) is 3.87. The van der Waals surface area contributed by atoms with Gasteiger partial charge < -0.3 is 15.8 Å². The molecule has 0 spiro atoms. The number of ether oxygens (including phenoxy) is 1. The van der Waals surface area contributed by atoms with Crippen molar-refractivity contribution in [2.75, 3.05) is 19.7 Å². The van der Waals surface area contributed by atoms with Crippen LogP contribution in [0.5, 0.6) is 0 Å². The molecule has 0 saturated heterocycles. The van der Waals surface area contributed by atoms with E-state index < -0.39 is 6.09 Å². The number of hydrogen-bond donors (Lipinski definition) is 2. The maximum Gasteiger partial charge on any atom is 0.404 e. The molecule has 1 rings (SSSR count). The molecular formula is C8H15N3O2S. The van der Waals surface area contributed by atoms with Gasteiger partial charge in [-0.1, -0.05) is 18.7 Å². The van der Waals surface area contributed by atoms with Crippen LogP contribution in [0.1, 0.15) is 13.3 Å². The molecule has 0 aromatic rings. The Labute approximate surface area is 87.5 Å². The number of nitrogens with one attached hydrogen (secondary N) is 1. The molecule has 80 valence electrons. The summed E-state index contributed by atoms with van der Waals surface area (Å²) in [5.74, 6) is 0. The Hall–Kier alpha value is -0.910. The van der Waals surface area contributed by atoms with Crippen molar-refractivity contribution < 1.29 is 9.53 Å². The SMILES string of the molecule is CCC1CN=C(NCCOC(N)=O)S1. The van der Waals surface area contributed by atoms with E-state index in [0.717, 1.165) is 18.1 Å². The minimum absolute atomic E-state index is 0.283. The molecule has 0 aliphatic carbocycles. The molecule has 1 heterocycles. The first kappa shape index (κ1) is 11.2. The number of thioether (sulfide) groups is 1. The van der Waals surface area contributed by atoms with E-state index in [2.05, 4.69) is 22.0 Å². The zero-order chi connectivity index (χ0) is 10.4. The van der Waals surface area contributed by atoms with Crippen LogP contribution >= 0.6 is 11.8 Å². The molecular weight excluding hydrogens is 202 g/mol. The van der Waals surface area contributed by atoms with Gasteiger partial charge in [0.25, 0.3) is 0 Å². The van der Waals surface area contributed by atoms with E-state index in [1.54, 1.807) is 11.8 Å². The number of amides is 1. The molecule has 0 bridgehead atoms. The Balaban J connectivity index is 2.05. The van der Waals surface area contributed by atoms with Gasteiger partial charge >= 0.3 is 6.09 Å². The van der Waals surface area contributed by atoms with Gasteiger partial charge in [-0.05, 0) is 6.42 Å². The highest BCUT2D eigenvalue weighted by Gasteiger charge is 2.16. The van der Waals surface area contributed by atoms with Crippen LogP contribution in [0.4, 0.5) is 4.79 Å². The van der Waals surface area contributed by atoms with Crippen molar-refractivity contribution in [2.45, 2.75) is 18.6 Å². The predicted octanol–water partition coefficient (Wildman–Crippen LogP) is 0.553. The van der Waals surface area contributed by atoms with Crippen LogP contribution < -0.4 is 11.1 Å². The molecule has 0 radical (unpaired) electrons. The Bertz CT molecular complexity index is 233. The predicted molar refractivity (Wildman–Crippen MR) is 57.5 cm³/mol. The molecule has 0 aromatic carbocycles. The van der Waals surface area contributed by atoms with Gasteiger partial charge in [0.2, 0.25) is 0 Å². The topological polar surface area (TPSA) is 76.7 Å². The van der Waals surface area contributed by atoms with Crippen molar-refractivity contribution in [2.24, 2.45) is 10.7 Å². The summed E-state index contributed by atoms with van der Waals surface area (Å²) < 4.78 is 4.57. The van der Waals surface area contributed by atoms with Crippen LogP contribution in [0.15, 0.2) is 4.99 Å². The van der Waals surface area contributed by atoms with Crippen LogP contribution in [0.25, 0.3) is 0 Å². The molecule has 1 aliphatic rings. The van der Waals surface area contributed by atoms with Crippen molar-refractivity contribution in [3.05, 3.63) is 0 Å². The number of nitrogens with zero attached hydrogens (tertiary/aromatic N) is 1. The Kier molecular flexibility index (Phi) is 4.58. The van der Waals surface area contributed by atoms with Crippen LogP contribution in [0, 0.1) is 0 Å². The highest BCUT2D eigenvalue weighted by Crippen LogP contribution is 2.21. The van der Waals surface area contributed by atoms with Gasteiger partial charge in [0.15, 0.2) is 5.17 Å². The fourth-order valence-electron chi connectivity index (χ4n) is 1.04. The molecule has 0 saturated carbocycles. The summed E-state index contributed by atoms with van der Waals surface area (Å²) in [6.07, 6.45) is 0.385. The van der Waals surface area contributed by atoms with Gasteiger partial charge in [-0.3, -0.25) is 4.99 Å². The van der Waals surface area contributed by atoms with Crippen molar-refractivity contribution >= 4 is 23.0 Å². The second-order valence-corrected chi connectivity index (χ2v) is 4.18. The van der Waals surface area contributed by atoms with Crippen molar-refractivity contribution in [3.8, 4) is 0 Å². The van der Waals surface area contributed by atoms with Gasteiger partial charge in [-0.2, -0.15) is 0 Å². The molecule has 5 nitrogen and oxygen atoms in total. The first-order valence-electron chi connectivity index (χ1n) is 4.59. The largest absolute Gasteiger partial charge is 0.448 e. The molecule has 0 aromatic heterocycles. The smallest absolute Gasteiger partial charge is 0.404 e. The highest BCUT2D eigenvalue weighted by atomic mass is 32.2. The quantitative estimate of drug-likeness (QED) is 0.674. The maximum atomic E-state index is 10.2. The lowest BCUT2D eigenvalue weighted by molar-refractivity contribution is 0.159. The number of primary amides is 1. The molecule has 1 atom stereocenters. The Morgan fingerprint density at radius 2 is 2.64 bits per heavy atom.